The Labute approximate surface area is 215 Å². The number of benzene rings is 3. The van der Waals surface area contributed by atoms with Crippen molar-refractivity contribution >= 4 is 39.5 Å². The fourth-order valence-corrected chi connectivity index (χ4v) is 4.89. The molecule has 1 N–H and O–H groups in total. The highest BCUT2D eigenvalue weighted by atomic mass is 79.9. The summed E-state index contributed by atoms with van der Waals surface area (Å²) in [5.74, 6) is 0.108. The average Bonchev–Trinajstić information content (AvgIpc) is 2.86. The summed E-state index contributed by atoms with van der Waals surface area (Å²) < 4.78 is 0.947. The van der Waals surface area contributed by atoms with Crippen LogP contribution < -0.4 is 5.32 Å². The van der Waals surface area contributed by atoms with Gasteiger partial charge in [0.2, 0.25) is 11.8 Å². The maximum Gasteiger partial charge on any atom is 0.243 e. The first-order valence-corrected chi connectivity index (χ1v) is 13.4. The molecule has 0 saturated carbocycles. The van der Waals surface area contributed by atoms with Crippen LogP contribution in [0, 0.1) is 0 Å². The van der Waals surface area contributed by atoms with Gasteiger partial charge >= 0.3 is 0 Å². The van der Waals surface area contributed by atoms with E-state index in [4.69, 9.17) is 0 Å². The summed E-state index contributed by atoms with van der Waals surface area (Å²) in [6, 6.07) is 27.1. The van der Waals surface area contributed by atoms with Gasteiger partial charge in [0.1, 0.15) is 6.04 Å². The summed E-state index contributed by atoms with van der Waals surface area (Å²) in [6.45, 7) is 3.07. The van der Waals surface area contributed by atoms with Crippen molar-refractivity contribution in [1.82, 2.24) is 10.2 Å². The number of amides is 2. The molecule has 4 nitrogen and oxygen atoms in total. The Morgan fingerprint density at radius 1 is 0.941 bits per heavy atom. The molecule has 2 amide bonds. The van der Waals surface area contributed by atoms with E-state index in [-0.39, 0.29) is 17.6 Å². The molecule has 1 atom stereocenters. The first-order chi connectivity index (χ1) is 16.6. The number of rotatable bonds is 12. The lowest BCUT2D eigenvalue weighted by atomic mass is 10.0. The zero-order chi connectivity index (χ0) is 24.2. The number of unbranched alkanes of at least 4 members (excludes halogenated alkanes) is 1. The lowest BCUT2D eigenvalue weighted by molar-refractivity contribution is -0.139. The lowest BCUT2D eigenvalue weighted by Gasteiger charge is -2.31. The predicted molar refractivity (Wildman–Crippen MR) is 144 cm³/mol. The minimum atomic E-state index is -0.595. The van der Waals surface area contributed by atoms with Crippen molar-refractivity contribution in [3.63, 3.8) is 0 Å². The highest BCUT2D eigenvalue weighted by Crippen LogP contribution is 2.22. The smallest absolute Gasteiger partial charge is 0.243 e. The zero-order valence-electron chi connectivity index (χ0n) is 19.5. The van der Waals surface area contributed by atoms with Crippen molar-refractivity contribution in [3.05, 3.63) is 101 Å². The third-order valence-electron chi connectivity index (χ3n) is 5.45. The van der Waals surface area contributed by atoms with Crippen LogP contribution in [0.15, 0.2) is 94.3 Å². The number of hydrogen-bond acceptors (Lipinski definition) is 3. The molecule has 6 heteroatoms. The third-order valence-corrected chi connectivity index (χ3v) is 6.94. The second-order valence-corrected chi connectivity index (χ2v) is 10.1. The molecule has 34 heavy (non-hydrogen) atoms. The molecule has 0 fully saturated rings. The SMILES string of the molecule is CCCCNC(=O)[C@H](Cc1ccccc1)N(Cc1cccc(Br)c1)C(=O)CSc1ccccc1. The van der Waals surface area contributed by atoms with E-state index < -0.39 is 6.04 Å². The fraction of sp³-hybridized carbons (Fsp3) is 0.286. The van der Waals surface area contributed by atoms with E-state index in [2.05, 4.69) is 28.2 Å². The van der Waals surface area contributed by atoms with Crippen LogP contribution in [0.2, 0.25) is 0 Å². The van der Waals surface area contributed by atoms with Gasteiger partial charge in [-0.2, -0.15) is 0 Å². The number of nitrogens with zero attached hydrogens (tertiary/aromatic N) is 1. The zero-order valence-corrected chi connectivity index (χ0v) is 21.9. The Balaban J connectivity index is 1.87. The summed E-state index contributed by atoms with van der Waals surface area (Å²) in [7, 11) is 0. The molecule has 3 aromatic carbocycles. The van der Waals surface area contributed by atoms with Gasteiger partial charge < -0.3 is 10.2 Å². The summed E-state index contributed by atoms with van der Waals surface area (Å²) in [5, 5.41) is 3.06. The number of halogens is 1. The summed E-state index contributed by atoms with van der Waals surface area (Å²) in [6.07, 6.45) is 2.37. The Hall–Kier alpha value is -2.57. The van der Waals surface area contributed by atoms with Crippen LogP contribution in [0.1, 0.15) is 30.9 Å². The van der Waals surface area contributed by atoms with Crippen LogP contribution >= 0.6 is 27.7 Å². The Morgan fingerprint density at radius 3 is 2.29 bits per heavy atom. The van der Waals surface area contributed by atoms with Gasteiger partial charge in [0.25, 0.3) is 0 Å². The molecule has 178 valence electrons. The Morgan fingerprint density at radius 2 is 1.62 bits per heavy atom. The lowest BCUT2D eigenvalue weighted by Crippen LogP contribution is -2.51. The number of carbonyl (C=O) groups excluding carboxylic acids is 2. The largest absolute Gasteiger partial charge is 0.354 e. The molecule has 0 aliphatic heterocycles. The highest BCUT2D eigenvalue weighted by molar-refractivity contribution is 9.10. The average molecular weight is 540 g/mol. The summed E-state index contributed by atoms with van der Waals surface area (Å²) >= 11 is 5.02. The molecule has 0 saturated heterocycles. The number of thioether (sulfide) groups is 1. The predicted octanol–water partition coefficient (Wildman–Crippen LogP) is 6.10. The van der Waals surface area contributed by atoms with Gasteiger partial charge in [-0.15, -0.1) is 11.8 Å². The Bertz CT molecular complexity index is 1050. The molecule has 0 aliphatic carbocycles. The number of nitrogens with one attached hydrogen (secondary N) is 1. The van der Waals surface area contributed by atoms with Gasteiger partial charge in [-0.05, 0) is 41.8 Å². The molecule has 0 aromatic heterocycles. The van der Waals surface area contributed by atoms with Gasteiger partial charge in [0, 0.05) is 28.9 Å². The molecule has 3 aromatic rings. The first kappa shape index (κ1) is 26.0. The van der Waals surface area contributed by atoms with Crippen LogP contribution in [-0.4, -0.2) is 35.1 Å². The van der Waals surface area contributed by atoms with Gasteiger partial charge in [-0.25, -0.2) is 0 Å². The molecule has 0 bridgehead atoms. The summed E-state index contributed by atoms with van der Waals surface area (Å²) in [5.41, 5.74) is 2.01. The molecule has 0 radical (unpaired) electrons. The van der Waals surface area contributed by atoms with Crippen LogP contribution in [0.5, 0.6) is 0 Å². The molecule has 3 rings (SSSR count). The normalized spacial score (nSPS) is 11.6. The summed E-state index contributed by atoms with van der Waals surface area (Å²) in [4.78, 5) is 29.7. The first-order valence-electron chi connectivity index (χ1n) is 11.6. The van der Waals surface area contributed by atoms with E-state index in [9.17, 15) is 9.59 Å². The van der Waals surface area contributed by atoms with Crippen LogP contribution in [0.4, 0.5) is 0 Å². The quantitative estimate of drug-likeness (QED) is 0.224. The molecule has 0 unspecified atom stereocenters. The van der Waals surface area contributed by atoms with Crippen LogP contribution in [-0.2, 0) is 22.6 Å². The van der Waals surface area contributed by atoms with E-state index in [1.54, 1.807) is 4.90 Å². The third kappa shape index (κ3) is 8.33. The molecular formula is C28H31BrN2O2S. The van der Waals surface area contributed by atoms with Crippen molar-refractivity contribution in [2.24, 2.45) is 0 Å². The van der Waals surface area contributed by atoms with Crippen LogP contribution in [0.3, 0.4) is 0 Å². The van der Waals surface area contributed by atoms with E-state index in [1.165, 1.54) is 11.8 Å². The monoisotopic (exact) mass is 538 g/mol. The van der Waals surface area contributed by atoms with E-state index in [1.807, 2.05) is 84.9 Å². The second-order valence-electron chi connectivity index (χ2n) is 8.10. The van der Waals surface area contributed by atoms with E-state index in [0.717, 1.165) is 33.3 Å². The molecular weight excluding hydrogens is 508 g/mol. The van der Waals surface area contributed by atoms with Crippen molar-refractivity contribution < 1.29 is 9.59 Å². The minimum absolute atomic E-state index is 0.0552. The van der Waals surface area contributed by atoms with Crippen molar-refractivity contribution in [1.29, 1.82) is 0 Å². The molecule has 0 heterocycles. The topological polar surface area (TPSA) is 49.4 Å². The maximum absolute atomic E-state index is 13.6. The highest BCUT2D eigenvalue weighted by Gasteiger charge is 2.30. The molecule has 0 spiro atoms. The van der Waals surface area contributed by atoms with E-state index >= 15 is 0 Å². The Kier molecular flexibility index (Phi) is 10.7. The van der Waals surface area contributed by atoms with Crippen molar-refractivity contribution in [2.45, 2.75) is 43.7 Å². The number of carbonyl (C=O) groups is 2. The van der Waals surface area contributed by atoms with Crippen molar-refractivity contribution in [3.8, 4) is 0 Å². The standard InChI is InChI=1S/C28H31BrN2O2S/c1-2-3-17-30-28(33)26(19-22-11-6-4-7-12-22)31(20-23-13-10-14-24(29)18-23)27(32)21-34-25-15-8-5-9-16-25/h4-16,18,26H,2-3,17,19-21H2,1H3,(H,30,33)/t26-/m0/s1. The second kappa shape index (κ2) is 14.0. The van der Waals surface area contributed by atoms with Gasteiger partial charge in [-0.1, -0.05) is 89.9 Å². The van der Waals surface area contributed by atoms with Gasteiger partial charge in [0.05, 0.1) is 5.75 Å². The maximum atomic E-state index is 13.6. The van der Waals surface area contributed by atoms with Crippen molar-refractivity contribution in [2.75, 3.05) is 12.3 Å². The fourth-order valence-electron chi connectivity index (χ4n) is 3.64. The van der Waals surface area contributed by atoms with E-state index in [0.29, 0.717) is 19.5 Å². The van der Waals surface area contributed by atoms with Gasteiger partial charge in [-0.3, -0.25) is 9.59 Å². The number of hydrogen-bond donors (Lipinski definition) is 1. The minimum Gasteiger partial charge on any atom is -0.354 e. The van der Waals surface area contributed by atoms with Crippen LogP contribution in [0.25, 0.3) is 0 Å². The molecule has 0 aliphatic rings. The van der Waals surface area contributed by atoms with Gasteiger partial charge in [0.15, 0.2) is 0 Å².